The monoisotopic (exact) mass is 416 g/mol. The van der Waals surface area contributed by atoms with Crippen molar-refractivity contribution < 1.29 is 13.9 Å². The zero-order valence-corrected chi connectivity index (χ0v) is 16.4. The Balaban J connectivity index is 1.41. The number of aryl methyl sites for hydroxylation is 1. The molecular formula is C22H17FN6O2. The van der Waals surface area contributed by atoms with E-state index in [0.29, 0.717) is 22.8 Å². The zero-order valence-electron chi connectivity index (χ0n) is 16.4. The van der Waals surface area contributed by atoms with Crippen LogP contribution in [0.1, 0.15) is 5.56 Å². The third-order valence-electron chi connectivity index (χ3n) is 4.25. The van der Waals surface area contributed by atoms with E-state index in [4.69, 9.17) is 4.74 Å². The number of nitrogens with one attached hydrogen (secondary N) is 1. The minimum Gasteiger partial charge on any atom is -0.453 e. The number of rotatable bonds is 6. The Kier molecular flexibility index (Phi) is 5.75. The number of hydrogen-bond donors (Lipinski definition) is 1. The number of anilines is 1. The van der Waals surface area contributed by atoms with Gasteiger partial charge in [0.15, 0.2) is 17.4 Å². The number of benzene rings is 2. The van der Waals surface area contributed by atoms with Crippen LogP contribution in [-0.2, 0) is 11.8 Å². The van der Waals surface area contributed by atoms with Gasteiger partial charge in [-0.3, -0.25) is 9.78 Å². The van der Waals surface area contributed by atoms with E-state index < -0.39 is 5.82 Å². The number of carbonyl (C=O) groups is 1. The van der Waals surface area contributed by atoms with Crippen LogP contribution in [0.5, 0.6) is 11.5 Å². The van der Waals surface area contributed by atoms with Gasteiger partial charge in [-0.15, -0.1) is 5.10 Å². The molecule has 4 rings (SSSR count). The highest BCUT2D eigenvalue weighted by Gasteiger charge is 2.08. The van der Waals surface area contributed by atoms with E-state index in [0.717, 1.165) is 5.56 Å². The summed E-state index contributed by atoms with van der Waals surface area (Å²) in [5.74, 6) is 0.185. The van der Waals surface area contributed by atoms with E-state index in [-0.39, 0.29) is 11.7 Å². The lowest BCUT2D eigenvalue weighted by Crippen LogP contribution is -2.07. The molecule has 0 bridgehead atoms. The molecule has 0 aliphatic carbocycles. The molecule has 0 radical (unpaired) electrons. The van der Waals surface area contributed by atoms with Crippen LogP contribution in [0.15, 0.2) is 73.1 Å². The Morgan fingerprint density at radius 3 is 2.81 bits per heavy atom. The molecule has 0 aliphatic rings. The number of ether oxygens (including phenoxy) is 1. The Morgan fingerprint density at radius 1 is 1.16 bits per heavy atom. The first kappa shape index (κ1) is 19.9. The highest BCUT2D eigenvalue weighted by atomic mass is 19.1. The van der Waals surface area contributed by atoms with Crippen LogP contribution in [0.25, 0.3) is 17.5 Å². The summed E-state index contributed by atoms with van der Waals surface area (Å²) < 4.78 is 21.3. The van der Waals surface area contributed by atoms with Gasteiger partial charge in [0.1, 0.15) is 5.75 Å². The second-order valence-corrected chi connectivity index (χ2v) is 6.51. The van der Waals surface area contributed by atoms with Crippen molar-refractivity contribution in [3.63, 3.8) is 0 Å². The fourth-order valence-electron chi connectivity index (χ4n) is 2.80. The van der Waals surface area contributed by atoms with Crippen LogP contribution in [0.4, 0.5) is 10.1 Å². The first-order chi connectivity index (χ1) is 15.1. The van der Waals surface area contributed by atoms with Crippen molar-refractivity contribution >= 4 is 17.7 Å². The van der Waals surface area contributed by atoms with Crippen molar-refractivity contribution in [2.45, 2.75) is 0 Å². The molecule has 4 aromatic rings. The largest absolute Gasteiger partial charge is 0.453 e. The predicted molar refractivity (Wildman–Crippen MR) is 113 cm³/mol. The molecule has 0 saturated carbocycles. The zero-order chi connectivity index (χ0) is 21.6. The number of aromatic nitrogens is 5. The van der Waals surface area contributed by atoms with Gasteiger partial charge in [0.2, 0.25) is 5.91 Å². The first-order valence-corrected chi connectivity index (χ1v) is 9.28. The van der Waals surface area contributed by atoms with Crippen molar-refractivity contribution in [3.05, 3.63) is 84.4 Å². The Hall–Kier alpha value is -4.40. The van der Waals surface area contributed by atoms with Gasteiger partial charge >= 0.3 is 0 Å². The van der Waals surface area contributed by atoms with Gasteiger partial charge in [0.05, 0.1) is 6.20 Å². The summed E-state index contributed by atoms with van der Waals surface area (Å²) in [6, 6.07) is 15.0. The maximum atomic E-state index is 14.3. The van der Waals surface area contributed by atoms with E-state index in [1.807, 2.05) is 6.07 Å². The SMILES string of the molecule is Cn1nnnc1-c1cccc(NC(=O)/C=C/c2ccc(Oc3cccnc3)c(F)c2)c1. The Labute approximate surface area is 177 Å². The van der Waals surface area contributed by atoms with Crippen molar-refractivity contribution in [2.24, 2.45) is 7.05 Å². The highest BCUT2D eigenvalue weighted by Crippen LogP contribution is 2.25. The fourth-order valence-corrected chi connectivity index (χ4v) is 2.80. The lowest BCUT2D eigenvalue weighted by atomic mass is 10.1. The van der Waals surface area contributed by atoms with Gasteiger partial charge in [-0.2, -0.15) is 0 Å². The van der Waals surface area contributed by atoms with E-state index in [1.54, 1.807) is 49.6 Å². The minimum atomic E-state index is -0.545. The van der Waals surface area contributed by atoms with E-state index >= 15 is 0 Å². The van der Waals surface area contributed by atoms with Gasteiger partial charge < -0.3 is 10.1 Å². The van der Waals surface area contributed by atoms with Crippen molar-refractivity contribution in [1.82, 2.24) is 25.2 Å². The van der Waals surface area contributed by atoms with Crippen LogP contribution in [0, 0.1) is 5.82 Å². The van der Waals surface area contributed by atoms with Crippen molar-refractivity contribution in [2.75, 3.05) is 5.32 Å². The Bertz CT molecular complexity index is 1240. The lowest BCUT2D eigenvalue weighted by molar-refractivity contribution is -0.111. The number of tetrazole rings is 1. The van der Waals surface area contributed by atoms with Crippen LogP contribution in [0.3, 0.4) is 0 Å². The smallest absolute Gasteiger partial charge is 0.248 e. The third kappa shape index (κ3) is 4.96. The lowest BCUT2D eigenvalue weighted by Gasteiger charge is -2.07. The number of hydrogen-bond acceptors (Lipinski definition) is 6. The number of halogens is 1. The molecule has 8 nitrogen and oxygen atoms in total. The summed E-state index contributed by atoms with van der Waals surface area (Å²) in [5, 5.41) is 14.1. The van der Waals surface area contributed by atoms with Crippen LogP contribution in [0.2, 0.25) is 0 Å². The van der Waals surface area contributed by atoms with Gasteiger partial charge in [0, 0.05) is 30.6 Å². The molecule has 2 aromatic carbocycles. The molecule has 0 saturated heterocycles. The normalized spacial score (nSPS) is 10.9. The number of amides is 1. The summed E-state index contributed by atoms with van der Waals surface area (Å²) in [5.41, 5.74) is 1.87. The summed E-state index contributed by atoms with van der Waals surface area (Å²) in [6.07, 6.45) is 5.94. The molecule has 1 N–H and O–H groups in total. The first-order valence-electron chi connectivity index (χ1n) is 9.28. The van der Waals surface area contributed by atoms with E-state index in [9.17, 15) is 9.18 Å². The average molecular weight is 416 g/mol. The molecule has 0 atom stereocenters. The van der Waals surface area contributed by atoms with Gasteiger partial charge in [-0.25, -0.2) is 9.07 Å². The number of carbonyl (C=O) groups excluding carboxylic acids is 1. The molecule has 0 unspecified atom stereocenters. The molecule has 9 heteroatoms. The quantitative estimate of drug-likeness (QED) is 0.480. The molecule has 154 valence electrons. The second kappa shape index (κ2) is 8.95. The van der Waals surface area contributed by atoms with Gasteiger partial charge in [-0.05, 0) is 58.5 Å². The van der Waals surface area contributed by atoms with Crippen molar-refractivity contribution in [3.8, 4) is 22.9 Å². The maximum absolute atomic E-state index is 14.3. The molecule has 0 fully saturated rings. The number of nitrogens with zero attached hydrogens (tertiary/aromatic N) is 5. The highest BCUT2D eigenvalue weighted by molar-refractivity contribution is 6.02. The van der Waals surface area contributed by atoms with E-state index in [1.165, 1.54) is 35.2 Å². The standard InChI is InChI=1S/C22H17FN6O2/c1-29-22(26-27-28-29)16-4-2-5-17(13-16)25-21(30)10-8-15-7-9-20(19(23)12-15)31-18-6-3-11-24-14-18/h2-14H,1H3,(H,25,30)/b10-8+. The minimum absolute atomic E-state index is 0.0738. The summed E-state index contributed by atoms with van der Waals surface area (Å²) in [4.78, 5) is 16.2. The molecule has 0 spiro atoms. The van der Waals surface area contributed by atoms with Crippen LogP contribution in [-0.4, -0.2) is 31.1 Å². The van der Waals surface area contributed by atoms with Crippen molar-refractivity contribution in [1.29, 1.82) is 0 Å². The topological polar surface area (TPSA) is 94.8 Å². The van der Waals surface area contributed by atoms with Crippen LogP contribution >= 0.6 is 0 Å². The molecule has 2 aromatic heterocycles. The molecule has 0 aliphatic heterocycles. The summed E-state index contributed by atoms with van der Waals surface area (Å²) in [6.45, 7) is 0. The van der Waals surface area contributed by atoms with Gasteiger partial charge in [-0.1, -0.05) is 18.2 Å². The average Bonchev–Trinajstić information content (AvgIpc) is 3.21. The molecule has 2 heterocycles. The maximum Gasteiger partial charge on any atom is 0.248 e. The Morgan fingerprint density at radius 2 is 2.06 bits per heavy atom. The van der Waals surface area contributed by atoms with E-state index in [2.05, 4.69) is 25.8 Å². The molecular weight excluding hydrogens is 399 g/mol. The number of pyridine rings is 1. The molecule has 31 heavy (non-hydrogen) atoms. The summed E-state index contributed by atoms with van der Waals surface area (Å²) >= 11 is 0. The second-order valence-electron chi connectivity index (χ2n) is 6.51. The summed E-state index contributed by atoms with van der Waals surface area (Å²) in [7, 11) is 1.73. The van der Waals surface area contributed by atoms with Crippen LogP contribution < -0.4 is 10.1 Å². The third-order valence-corrected chi connectivity index (χ3v) is 4.25. The predicted octanol–water partition coefficient (Wildman–Crippen LogP) is 3.86. The van der Waals surface area contributed by atoms with Gasteiger partial charge in [0.25, 0.3) is 0 Å². The fraction of sp³-hybridized carbons (Fsp3) is 0.0455. The molecule has 1 amide bonds.